The number of para-hydroxylation sites is 1. The molecule has 0 aromatic heterocycles. The minimum atomic E-state index is -3.99. The first kappa shape index (κ1) is 20.2. The van der Waals surface area contributed by atoms with Gasteiger partial charge in [0.2, 0.25) is 15.9 Å². The molecule has 3 aromatic rings. The molecule has 0 atom stereocenters. The molecule has 0 saturated heterocycles. The first-order valence-electron chi connectivity index (χ1n) is 9.23. The molecule has 5 nitrogen and oxygen atoms in total. The number of nitrogens with zero attached hydrogens (tertiary/aromatic N) is 2. The third-order valence-electron chi connectivity index (χ3n) is 4.89. The Bertz CT molecular complexity index is 1200. The van der Waals surface area contributed by atoms with Crippen LogP contribution in [0.4, 0.5) is 14.5 Å². The van der Waals surface area contributed by atoms with E-state index in [9.17, 15) is 22.0 Å². The van der Waals surface area contributed by atoms with E-state index in [4.69, 9.17) is 0 Å². The van der Waals surface area contributed by atoms with Gasteiger partial charge in [0.05, 0.1) is 18.8 Å². The second-order valence-corrected chi connectivity index (χ2v) is 8.88. The van der Waals surface area contributed by atoms with E-state index in [1.807, 2.05) is 0 Å². The van der Waals surface area contributed by atoms with Crippen LogP contribution in [0.5, 0.6) is 0 Å². The molecule has 0 fully saturated rings. The molecule has 8 heteroatoms. The fourth-order valence-corrected chi connectivity index (χ4v) is 4.99. The maximum absolute atomic E-state index is 13.6. The second kappa shape index (κ2) is 7.97. The van der Waals surface area contributed by atoms with Crippen molar-refractivity contribution >= 4 is 21.6 Å². The zero-order valence-corrected chi connectivity index (χ0v) is 16.6. The Labute approximate surface area is 173 Å². The highest BCUT2D eigenvalue weighted by molar-refractivity contribution is 7.89. The van der Waals surface area contributed by atoms with E-state index in [1.54, 1.807) is 24.3 Å². The van der Waals surface area contributed by atoms with Crippen molar-refractivity contribution in [2.45, 2.75) is 18.0 Å². The van der Waals surface area contributed by atoms with E-state index in [-0.39, 0.29) is 30.2 Å². The van der Waals surface area contributed by atoms with Crippen molar-refractivity contribution in [3.63, 3.8) is 0 Å². The molecule has 1 heterocycles. The monoisotopic (exact) mass is 428 g/mol. The van der Waals surface area contributed by atoms with Crippen LogP contribution in [0.2, 0.25) is 0 Å². The predicted octanol–water partition coefficient (Wildman–Crippen LogP) is 3.70. The SMILES string of the molecule is O=C1CN(Cc2ccc(F)cc2)S(=O)(=O)c2ccccc2N1Cc1cccc(F)c1. The lowest BCUT2D eigenvalue weighted by molar-refractivity contribution is -0.119. The number of carbonyl (C=O) groups is 1. The number of anilines is 1. The number of hydrogen-bond acceptors (Lipinski definition) is 3. The normalized spacial score (nSPS) is 16.2. The zero-order valence-electron chi connectivity index (χ0n) is 15.8. The highest BCUT2D eigenvalue weighted by atomic mass is 32.2. The molecule has 4 rings (SSSR count). The number of amides is 1. The van der Waals surface area contributed by atoms with Crippen LogP contribution in [0.25, 0.3) is 0 Å². The summed E-state index contributed by atoms with van der Waals surface area (Å²) in [5, 5.41) is 0. The molecule has 1 amide bonds. The van der Waals surface area contributed by atoms with E-state index in [2.05, 4.69) is 0 Å². The molecule has 1 aliphatic heterocycles. The number of rotatable bonds is 4. The van der Waals surface area contributed by atoms with Gasteiger partial charge in [-0.15, -0.1) is 0 Å². The fourth-order valence-electron chi connectivity index (χ4n) is 3.42. The summed E-state index contributed by atoms with van der Waals surface area (Å²) < 4.78 is 54.5. The molecule has 30 heavy (non-hydrogen) atoms. The molecule has 0 N–H and O–H groups in total. The van der Waals surface area contributed by atoms with Crippen molar-refractivity contribution < 1.29 is 22.0 Å². The van der Waals surface area contributed by atoms with Crippen LogP contribution in [-0.4, -0.2) is 25.2 Å². The smallest absolute Gasteiger partial charge is 0.245 e. The maximum Gasteiger partial charge on any atom is 0.245 e. The first-order valence-corrected chi connectivity index (χ1v) is 10.7. The number of carbonyl (C=O) groups excluding carboxylic acids is 1. The lowest BCUT2D eigenvalue weighted by Gasteiger charge is -2.22. The Morgan fingerprint density at radius 1 is 0.800 bits per heavy atom. The van der Waals surface area contributed by atoms with E-state index >= 15 is 0 Å². The second-order valence-electron chi connectivity index (χ2n) is 6.98. The Morgan fingerprint density at radius 3 is 2.27 bits per heavy atom. The van der Waals surface area contributed by atoms with Gasteiger partial charge in [0.25, 0.3) is 0 Å². The molecule has 1 aliphatic rings. The minimum Gasteiger partial charge on any atom is -0.305 e. The van der Waals surface area contributed by atoms with Crippen molar-refractivity contribution in [3.8, 4) is 0 Å². The molecule has 3 aromatic carbocycles. The summed E-state index contributed by atoms with van der Waals surface area (Å²) in [7, 11) is -3.99. The van der Waals surface area contributed by atoms with E-state index in [0.717, 1.165) is 4.31 Å². The average Bonchev–Trinajstić information content (AvgIpc) is 2.79. The lowest BCUT2D eigenvalue weighted by Crippen LogP contribution is -2.38. The van der Waals surface area contributed by atoms with Crippen LogP contribution in [-0.2, 0) is 27.9 Å². The average molecular weight is 428 g/mol. The van der Waals surface area contributed by atoms with Crippen LogP contribution >= 0.6 is 0 Å². The molecule has 0 radical (unpaired) electrons. The molecule has 0 bridgehead atoms. The van der Waals surface area contributed by atoms with E-state index in [1.165, 1.54) is 53.4 Å². The van der Waals surface area contributed by atoms with Gasteiger partial charge in [-0.1, -0.05) is 36.4 Å². The number of benzene rings is 3. The van der Waals surface area contributed by atoms with Crippen molar-refractivity contribution in [1.29, 1.82) is 0 Å². The van der Waals surface area contributed by atoms with E-state index < -0.39 is 27.6 Å². The number of sulfonamides is 1. The molecular formula is C22H18F2N2O3S. The van der Waals surface area contributed by atoms with Gasteiger partial charge in [0.1, 0.15) is 16.5 Å². The summed E-state index contributed by atoms with van der Waals surface area (Å²) >= 11 is 0. The number of fused-ring (bicyclic) bond motifs is 1. The largest absolute Gasteiger partial charge is 0.305 e. The maximum atomic E-state index is 13.6. The summed E-state index contributed by atoms with van der Waals surface area (Å²) in [5.74, 6) is -1.30. The standard InChI is InChI=1S/C22H18F2N2O3S/c23-18-10-8-16(9-11-18)13-25-15-22(27)26(14-17-4-3-5-19(24)12-17)20-6-1-2-7-21(20)30(25,28)29/h1-12H,13-15H2. The van der Waals surface area contributed by atoms with Crippen molar-refractivity contribution in [3.05, 3.63) is 95.6 Å². The highest BCUT2D eigenvalue weighted by Crippen LogP contribution is 2.33. The van der Waals surface area contributed by atoms with Crippen LogP contribution in [0, 0.1) is 11.6 Å². The summed E-state index contributed by atoms with van der Waals surface area (Å²) in [6, 6.07) is 17.5. The van der Waals surface area contributed by atoms with Gasteiger partial charge in [0.15, 0.2) is 0 Å². The van der Waals surface area contributed by atoms with Gasteiger partial charge in [-0.3, -0.25) is 4.79 Å². The van der Waals surface area contributed by atoms with Gasteiger partial charge in [-0.05, 0) is 47.5 Å². The molecule has 0 spiro atoms. The van der Waals surface area contributed by atoms with Crippen LogP contribution in [0.15, 0.2) is 77.7 Å². The minimum absolute atomic E-state index is 0.00522. The van der Waals surface area contributed by atoms with Crippen LogP contribution < -0.4 is 4.90 Å². The predicted molar refractivity (Wildman–Crippen MR) is 108 cm³/mol. The molecule has 0 saturated carbocycles. The van der Waals surface area contributed by atoms with Crippen molar-refractivity contribution in [2.75, 3.05) is 11.4 Å². The Kier molecular flexibility index (Phi) is 5.36. The van der Waals surface area contributed by atoms with Crippen LogP contribution in [0.3, 0.4) is 0 Å². The zero-order chi connectivity index (χ0) is 21.3. The Hall–Kier alpha value is -3.10. The van der Waals surface area contributed by atoms with Gasteiger partial charge >= 0.3 is 0 Å². The topological polar surface area (TPSA) is 57.7 Å². The first-order chi connectivity index (χ1) is 14.3. The van der Waals surface area contributed by atoms with Gasteiger partial charge in [0, 0.05) is 6.54 Å². The molecular weight excluding hydrogens is 410 g/mol. The quantitative estimate of drug-likeness (QED) is 0.637. The third-order valence-corrected chi connectivity index (χ3v) is 6.73. The van der Waals surface area contributed by atoms with Crippen LogP contribution in [0.1, 0.15) is 11.1 Å². The Balaban J connectivity index is 1.74. The molecule has 0 aliphatic carbocycles. The van der Waals surface area contributed by atoms with Gasteiger partial charge in [-0.25, -0.2) is 17.2 Å². The summed E-state index contributed by atoms with van der Waals surface area (Å²) in [6.45, 7) is -0.423. The van der Waals surface area contributed by atoms with Crippen molar-refractivity contribution in [2.24, 2.45) is 0 Å². The summed E-state index contributed by atoms with van der Waals surface area (Å²) in [6.07, 6.45) is 0. The molecule has 0 unspecified atom stereocenters. The van der Waals surface area contributed by atoms with Gasteiger partial charge in [-0.2, -0.15) is 4.31 Å². The molecule has 154 valence electrons. The number of hydrogen-bond donors (Lipinski definition) is 0. The van der Waals surface area contributed by atoms with E-state index in [0.29, 0.717) is 11.1 Å². The number of halogens is 2. The summed E-state index contributed by atoms with van der Waals surface area (Å²) in [5.41, 5.74) is 1.35. The fraction of sp³-hybridized carbons (Fsp3) is 0.136. The highest BCUT2D eigenvalue weighted by Gasteiger charge is 2.36. The lowest BCUT2D eigenvalue weighted by atomic mass is 10.2. The van der Waals surface area contributed by atoms with Crippen molar-refractivity contribution in [1.82, 2.24) is 4.31 Å². The third kappa shape index (κ3) is 3.96. The van der Waals surface area contributed by atoms with Gasteiger partial charge < -0.3 is 4.90 Å². The summed E-state index contributed by atoms with van der Waals surface area (Å²) in [4.78, 5) is 14.4. The Morgan fingerprint density at radius 2 is 1.53 bits per heavy atom.